The van der Waals surface area contributed by atoms with E-state index in [1.165, 1.54) is 24.3 Å². The van der Waals surface area contributed by atoms with Crippen molar-refractivity contribution in [1.82, 2.24) is 0 Å². The fraction of sp³-hybridized carbons (Fsp3) is 0.0769. The van der Waals surface area contributed by atoms with E-state index < -0.39 is 15.8 Å². The average molecular weight is 300 g/mol. The summed E-state index contributed by atoms with van der Waals surface area (Å²) in [5, 5.41) is 0. The first-order valence-electron chi connectivity index (χ1n) is 5.46. The third-order valence-corrected chi connectivity index (χ3v) is 4.28. The average Bonchev–Trinajstić information content (AvgIpc) is 2.41. The fourth-order valence-corrected chi connectivity index (χ4v) is 3.24. The van der Waals surface area contributed by atoms with Gasteiger partial charge >= 0.3 is 0 Å². The quantitative estimate of drug-likeness (QED) is 0.880. The lowest BCUT2D eigenvalue weighted by Gasteiger charge is -2.11. The summed E-state index contributed by atoms with van der Waals surface area (Å²) in [5.41, 5.74) is 0.375. The molecule has 0 saturated heterocycles. The number of rotatable bonds is 4. The van der Waals surface area contributed by atoms with Crippen molar-refractivity contribution >= 4 is 27.3 Å². The fourth-order valence-electron chi connectivity index (χ4n) is 1.62. The van der Waals surface area contributed by atoms with Crippen molar-refractivity contribution in [3.8, 4) is 0 Å². The molecule has 0 heterocycles. The van der Waals surface area contributed by atoms with Gasteiger partial charge in [0.2, 0.25) is 0 Å². The van der Waals surface area contributed by atoms with Gasteiger partial charge in [0.15, 0.2) is 0 Å². The van der Waals surface area contributed by atoms with Gasteiger partial charge in [0.25, 0.3) is 10.0 Å². The van der Waals surface area contributed by atoms with Crippen LogP contribution in [0.25, 0.3) is 0 Å². The molecular formula is C13H11ClFNO2S. The number of sulfonamides is 1. The molecule has 19 heavy (non-hydrogen) atoms. The Hall–Kier alpha value is -1.59. The molecule has 0 spiro atoms. The van der Waals surface area contributed by atoms with Gasteiger partial charge in [-0.2, -0.15) is 0 Å². The Morgan fingerprint density at radius 1 is 1.05 bits per heavy atom. The van der Waals surface area contributed by atoms with Crippen LogP contribution in [0.5, 0.6) is 0 Å². The summed E-state index contributed by atoms with van der Waals surface area (Å²) in [7, 11) is -3.85. The highest BCUT2D eigenvalue weighted by atomic mass is 35.5. The summed E-state index contributed by atoms with van der Waals surface area (Å²) in [6, 6.07) is 11.9. The summed E-state index contributed by atoms with van der Waals surface area (Å²) >= 11 is 5.71. The highest BCUT2D eigenvalue weighted by Gasteiger charge is 2.18. The molecular weight excluding hydrogens is 289 g/mol. The van der Waals surface area contributed by atoms with Crippen LogP contribution < -0.4 is 4.72 Å². The maximum absolute atomic E-state index is 13.5. The second-order valence-electron chi connectivity index (χ2n) is 3.83. The SMILES string of the molecule is O=S(=O)(Nc1ccccc1F)c1ccccc1CCl. The number of hydrogen-bond acceptors (Lipinski definition) is 2. The van der Waals surface area contributed by atoms with Crippen LogP contribution in [-0.4, -0.2) is 8.42 Å². The smallest absolute Gasteiger partial charge is 0.262 e. The van der Waals surface area contributed by atoms with Crippen molar-refractivity contribution < 1.29 is 12.8 Å². The molecule has 0 aliphatic carbocycles. The van der Waals surface area contributed by atoms with Gasteiger partial charge in [-0.1, -0.05) is 30.3 Å². The molecule has 2 rings (SSSR count). The zero-order chi connectivity index (χ0) is 13.9. The molecule has 0 radical (unpaired) electrons. The third kappa shape index (κ3) is 3.05. The van der Waals surface area contributed by atoms with Crippen LogP contribution in [-0.2, 0) is 15.9 Å². The van der Waals surface area contributed by atoms with E-state index in [1.54, 1.807) is 24.3 Å². The molecule has 0 unspecified atom stereocenters. The van der Waals surface area contributed by atoms with Crippen LogP contribution in [0.4, 0.5) is 10.1 Å². The Labute approximate surface area is 116 Å². The van der Waals surface area contributed by atoms with Gasteiger partial charge in [0, 0.05) is 5.88 Å². The number of nitrogens with one attached hydrogen (secondary N) is 1. The van der Waals surface area contributed by atoms with Crippen LogP contribution in [0.15, 0.2) is 53.4 Å². The Balaban J connectivity index is 2.41. The minimum atomic E-state index is -3.85. The molecule has 3 nitrogen and oxygen atoms in total. The number of anilines is 1. The summed E-state index contributed by atoms with van der Waals surface area (Å²) in [4.78, 5) is 0.0493. The Kier molecular flexibility index (Phi) is 4.07. The molecule has 2 aromatic rings. The van der Waals surface area contributed by atoms with Crippen molar-refractivity contribution in [2.24, 2.45) is 0 Å². The second-order valence-corrected chi connectivity index (χ2v) is 5.74. The lowest BCUT2D eigenvalue weighted by molar-refractivity contribution is 0.598. The van der Waals surface area contributed by atoms with Gasteiger partial charge in [-0.25, -0.2) is 12.8 Å². The highest BCUT2D eigenvalue weighted by Crippen LogP contribution is 2.22. The molecule has 1 N–H and O–H groups in total. The molecule has 0 aromatic heterocycles. The van der Waals surface area contributed by atoms with E-state index in [0.717, 1.165) is 0 Å². The minimum Gasteiger partial charge on any atom is -0.277 e. The van der Waals surface area contributed by atoms with E-state index in [2.05, 4.69) is 4.72 Å². The molecule has 6 heteroatoms. The molecule has 0 atom stereocenters. The molecule has 0 bridgehead atoms. The van der Waals surface area contributed by atoms with Gasteiger partial charge in [0.1, 0.15) is 5.82 Å². The van der Waals surface area contributed by atoms with E-state index in [1.807, 2.05) is 0 Å². The van der Waals surface area contributed by atoms with Crippen molar-refractivity contribution in [1.29, 1.82) is 0 Å². The first-order valence-corrected chi connectivity index (χ1v) is 7.47. The molecule has 0 aliphatic rings. The molecule has 0 fully saturated rings. The Bertz CT molecular complexity index is 689. The first-order chi connectivity index (χ1) is 9.04. The largest absolute Gasteiger partial charge is 0.277 e. The monoisotopic (exact) mass is 299 g/mol. The number of benzene rings is 2. The highest BCUT2D eigenvalue weighted by molar-refractivity contribution is 7.92. The van der Waals surface area contributed by atoms with E-state index >= 15 is 0 Å². The van der Waals surface area contributed by atoms with Crippen LogP contribution in [0.2, 0.25) is 0 Å². The predicted molar refractivity (Wildman–Crippen MR) is 73.2 cm³/mol. The van der Waals surface area contributed by atoms with E-state index in [9.17, 15) is 12.8 Å². The van der Waals surface area contributed by atoms with Crippen LogP contribution in [0.3, 0.4) is 0 Å². The van der Waals surface area contributed by atoms with Crippen LogP contribution in [0.1, 0.15) is 5.56 Å². The van der Waals surface area contributed by atoms with Gasteiger partial charge in [-0.05, 0) is 23.8 Å². The maximum Gasteiger partial charge on any atom is 0.262 e. The maximum atomic E-state index is 13.5. The van der Waals surface area contributed by atoms with Gasteiger partial charge in [0.05, 0.1) is 10.6 Å². The molecule has 0 saturated carbocycles. The zero-order valence-electron chi connectivity index (χ0n) is 9.81. The van der Waals surface area contributed by atoms with Crippen LogP contribution >= 0.6 is 11.6 Å². The van der Waals surface area contributed by atoms with E-state index in [4.69, 9.17) is 11.6 Å². The third-order valence-electron chi connectivity index (χ3n) is 2.52. The minimum absolute atomic E-state index is 0.0493. The molecule has 0 amide bonds. The Morgan fingerprint density at radius 2 is 1.68 bits per heavy atom. The first kappa shape index (κ1) is 13.8. The van der Waals surface area contributed by atoms with Crippen molar-refractivity contribution in [2.75, 3.05) is 4.72 Å². The van der Waals surface area contributed by atoms with Crippen molar-refractivity contribution in [3.05, 3.63) is 59.9 Å². The number of halogens is 2. The van der Waals surface area contributed by atoms with E-state index in [0.29, 0.717) is 5.56 Å². The number of hydrogen-bond donors (Lipinski definition) is 1. The molecule has 2 aromatic carbocycles. The van der Waals surface area contributed by atoms with Gasteiger partial charge in [-0.3, -0.25) is 4.72 Å². The summed E-state index contributed by atoms with van der Waals surface area (Å²) in [6.07, 6.45) is 0. The topological polar surface area (TPSA) is 46.2 Å². The van der Waals surface area contributed by atoms with Crippen molar-refractivity contribution in [2.45, 2.75) is 10.8 Å². The standard InChI is InChI=1S/C13H11ClFNO2S/c14-9-10-5-1-4-8-13(10)19(17,18)16-12-7-3-2-6-11(12)15/h1-8,16H,9H2. The molecule has 0 aliphatic heterocycles. The Morgan fingerprint density at radius 3 is 2.37 bits per heavy atom. The van der Waals surface area contributed by atoms with Crippen LogP contribution in [0, 0.1) is 5.82 Å². The number of para-hydroxylation sites is 1. The lowest BCUT2D eigenvalue weighted by atomic mass is 10.2. The normalized spacial score (nSPS) is 11.3. The number of alkyl halides is 1. The lowest BCUT2D eigenvalue weighted by Crippen LogP contribution is -2.15. The summed E-state index contributed by atoms with van der Waals surface area (Å²) < 4.78 is 40.1. The summed E-state index contributed by atoms with van der Waals surface area (Å²) in [5.74, 6) is -0.566. The molecule has 100 valence electrons. The van der Waals surface area contributed by atoms with Gasteiger partial charge in [-0.15, -0.1) is 11.6 Å². The van der Waals surface area contributed by atoms with Gasteiger partial charge < -0.3 is 0 Å². The van der Waals surface area contributed by atoms with E-state index in [-0.39, 0.29) is 16.5 Å². The second kappa shape index (κ2) is 5.59. The summed E-state index contributed by atoms with van der Waals surface area (Å²) in [6.45, 7) is 0. The predicted octanol–water partition coefficient (Wildman–Crippen LogP) is 3.37. The van der Waals surface area contributed by atoms with Crippen molar-refractivity contribution in [3.63, 3.8) is 0 Å². The zero-order valence-corrected chi connectivity index (χ0v) is 11.4.